The van der Waals surface area contributed by atoms with Gasteiger partial charge >= 0.3 is 138 Å². The van der Waals surface area contributed by atoms with Crippen LogP contribution in [0.5, 0.6) is 0 Å². The Morgan fingerprint density at radius 1 is 0.682 bits per heavy atom. The summed E-state index contributed by atoms with van der Waals surface area (Å²) in [6.07, 6.45) is 0. The van der Waals surface area contributed by atoms with Gasteiger partial charge in [0.05, 0.1) is 0 Å². The van der Waals surface area contributed by atoms with Gasteiger partial charge in [0.1, 0.15) is 0 Å². The van der Waals surface area contributed by atoms with Gasteiger partial charge in [-0.25, -0.2) is 0 Å². The predicted octanol–water partition coefficient (Wildman–Crippen LogP) is 4.71. The van der Waals surface area contributed by atoms with Crippen molar-refractivity contribution in [2.75, 3.05) is 0 Å². The van der Waals surface area contributed by atoms with E-state index in [-0.39, 0.29) is 5.41 Å². The SMILES string of the molecule is C[CH](C)[Ge]1([CH](C)C)[c]2ccccc2C(C)(C)c2cccc[c]21. The van der Waals surface area contributed by atoms with Crippen LogP contribution < -0.4 is 8.79 Å². The van der Waals surface area contributed by atoms with Crippen molar-refractivity contribution in [3.63, 3.8) is 0 Å². The molecule has 2 aromatic rings. The summed E-state index contributed by atoms with van der Waals surface area (Å²) in [6.45, 7) is 14.7. The molecule has 0 atom stereocenters. The Kier molecular flexibility index (Phi) is 3.80. The average Bonchev–Trinajstić information content (AvgIpc) is 2.47. The summed E-state index contributed by atoms with van der Waals surface area (Å²) in [6, 6.07) is 18.6. The first-order chi connectivity index (χ1) is 10.3. The molecule has 0 fully saturated rings. The summed E-state index contributed by atoms with van der Waals surface area (Å²) in [5, 5.41) is 0. The molecule has 1 aliphatic heterocycles. The van der Waals surface area contributed by atoms with Crippen LogP contribution in [0, 0.1) is 0 Å². The van der Waals surface area contributed by atoms with E-state index in [0.29, 0.717) is 0 Å². The molecule has 0 aromatic heterocycles. The average molecular weight is 353 g/mol. The zero-order chi connectivity index (χ0) is 16.1. The van der Waals surface area contributed by atoms with Crippen LogP contribution in [0.1, 0.15) is 52.7 Å². The minimum atomic E-state index is -2.42. The van der Waals surface area contributed by atoms with Gasteiger partial charge in [-0.15, -0.1) is 0 Å². The van der Waals surface area contributed by atoms with Crippen molar-refractivity contribution in [3.05, 3.63) is 59.7 Å². The number of benzene rings is 2. The summed E-state index contributed by atoms with van der Waals surface area (Å²) in [5.41, 5.74) is 3.28. The Morgan fingerprint density at radius 2 is 1.05 bits per heavy atom. The predicted molar refractivity (Wildman–Crippen MR) is 100 cm³/mol. The molecule has 0 saturated carbocycles. The molecule has 1 heteroatoms. The van der Waals surface area contributed by atoms with Crippen molar-refractivity contribution in [1.82, 2.24) is 0 Å². The van der Waals surface area contributed by atoms with Crippen LogP contribution in [0.15, 0.2) is 48.5 Å². The standard InChI is InChI=1S/C21H28Ge/c1-15(2)22(16(3)4)19-13-9-7-11-17(19)21(5,6)18-12-8-10-14-20(18)22/h7-16H,1-6H3. The monoisotopic (exact) mass is 354 g/mol. The molecule has 0 N–H and O–H groups in total. The van der Waals surface area contributed by atoms with Crippen LogP contribution in [-0.4, -0.2) is 13.3 Å². The Bertz CT molecular complexity index is 635. The molecular weight excluding hydrogens is 325 g/mol. The molecule has 0 radical (unpaired) electrons. The molecule has 0 saturated heterocycles. The van der Waals surface area contributed by atoms with Crippen LogP contribution in [0.4, 0.5) is 0 Å². The van der Waals surface area contributed by atoms with Crippen LogP contribution in [-0.2, 0) is 5.41 Å². The topological polar surface area (TPSA) is 0 Å². The van der Waals surface area contributed by atoms with Crippen molar-refractivity contribution in [1.29, 1.82) is 0 Å². The molecule has 22 heavy (non-hydrogen) atoms. The van der Waals surface area contributed by atoms with E-state index in [0.717, 1.165) is 9.50 Å². The van der Waals surface area contributed by atoms with E-state index in [2.05, 4.69) is 90.1 Å². The van der Waals surface area contributed by atoms with Gasteiger partial charge in [-0.05, 0) is 0 Å². The first-order valence-corrected chi connectivity index (χ1v) is 13.1. The molecule has 3 rings (SSSR count). The van der Waals surface area contributed by atoms with E-state index >= 15 is 0 Å². The number of hydrogen-bond donors (Lipinski definition) is 0. The Morgan fingerprint density at radius 3 is 1.41 bits per heavy atom. The van der Waals surface area contributed by atoms with Gasteiger partial charge in [0.15, 0.2) is 0 Å². The first kappa shape index (κ1) is 15.9. The fraction of sp³-hybridized carbons (Fsp3) is 0.429. The van der Waals surface area contributed by atoms with Crippen molar-refractivity contribution in [2.45, 2.75) is 56.5 Å². The van der Waals surface area contributed by atoms with Crippen molar-refractivity contribution in [2.24, 2.45) is 0 Å². The van der Waals surface area contributed by atoms with E-state index in [1.165, 1.54) is 0 Å². The summed E-state index contributed by atoms with van der Waals surface area (Å²) < 4.78 is 4.93. The fourth-order valence-corrected chi connectivity index (χ4v) is 18.7. The van der Waals surface area contributed by atoms with E-state index in [4.69, 9.17) is 0 Å². The van der Waals surface area contributed by atoms with Crippen LogP contribution in [0.3, 0.4) is 0 Å². The zero-order valence-electron chi connectivity index (χ0n) is 14.8. The number of rotatable bonds is 2. The molecular formula is C21H28Ge. The van der Waals surface area contributed by atoms with Crippen LogP contribution >= 0.6 is 0 Å². The maximum atomic E-state index is 2.46. The quantitative estimate of drug-likeness (QED) is 0.686. The molecule has 0 nitrogen and oxygen atoms in total. The van der Waals surface area contributed by atoms with E-state index in [1.54, 1.807) is 19.9 Å². The second-order valence-electron chi connectivity index (χ2n) is 7.89. The second kappa shape index (κ2) is 5.26. The molecule has 0 bridgehead atoms. The van der Waals surface area contributed by atoms with Gasteiger partial charge in [0.2, 0.25) is 0 Å². The first-order valence-electron chi connectivity index (χ1n) is 8.54. The van der Waals surface area contributed by atoms with Gasteiger partial charge in [0.25, 0.3) is 0 Å². The normalized spacial score (nSPS) is 18.2. The number of fused-ring (bicyclic) bond motifs is 2. The van der Waals surface area contributed by atoms with Crippen LogP contribution in [0.2, 0.25) is 9.50 Å². The van der Waals surface area contributed by atoms with E-state index in [9.17, 15) is 0 Å². The Balaban J connectivity index is 2.48. The van der Waals surface area contributed by atoms with E-state index < -0.39 is 13.3 Å². The molecule has 1 aliphatic rings. The van der Waals surface area contributed by atoms with Gasteiger partial charge in [0, 0.05) is 0 Å². The maximum absolute atomic E-state index is 2.46. The Labute approximate surface area is 138 Å². The van der Waals surface area contributed by atoms with Crippen LogP contribution in [0.25, 0.3) is 0 Å². The molecule has 0 spiro atoms. The van der Waals surface area contributed by atoms with Gasteiger partial charge in [-0.2, -0.15) is 0 Å². The van der Waals surface area contributed by atoms with E-state index in [1.807, 2.05) is 0 Å². The molecule has 2 aromatic carbocycles. The van der Waals surface area contributed by atoms with Crippen molar-refractivity contribution >= 4 is 22.1 Å². The van der Waals surface area contributed by atoms with Gasteiger partial charge < -0.3 is 0 Å². The number of hydrogen-bond acceptors (Lipinski definition) is 0. The third-order valence-corrected chi connectivity index (χ3v) is 19.1. The third kappa shape index (κ3) is 1.89. The molecule has 116 valence electrons. The molecule has 1 heterocycles. The molecule has 0 aliphatic carbocycles. The summed E-state index contributed by atoms with van der Waals surface area (Å²) in [7, 11) is 0. The van der Waals surface area contributed by atoms with Crippen molar-refractivity contribution in [3.8, 4) is 0 Å². The molecule has 0 amide bonds. The van der Waals surface area contributed by atoms with Crippen molar-refractivity contribution < 1.29 is 0 Å². The Hall–Kier alpha value is -1.02. The zero-order valence-corrected chi connectivity index (χ0v) is 16.9. The summed E-state index contributed by atoms with van der Waals surface area (Å²) >= 11 is -2.42. The third-order valence-electron chi connectivity index (χ3n) is 5.91. The van der Waals surface area contributed by atoms with Gasteiger partial charge in [-0.1, -0.05) is 0 Å². The fourth-order valence-electron chi connectivity index (χ4n) is 4.98. The minimum absolute atomic E-state index is 0.117. The summed E-state index contributed by atoms with van der Waals surface area (Å²) in [5.74, 6) is 0. The second-order valence-corrected chi connectivity index (χ2v) is 18.6. The molecule has 0 unspecified atom stereocenters. The van der Waals surface area contributed by atoms with Gasteiger partial charge in [-0.3, -0.25) is 0 Å². The summed E-state index contributed by atoms with van der Waals surface area (Å²) in [4.78, 5) is 0.